The van der Waals surface area contributed by atoms with Gasteiger partial charge in [-0.1, -0.05) is 13.8 Å². The second-order valence-corrected chi connectivity index (χ2v) is 4.25. The van der Waals surface area contributed by atoms with Crippen LogP contribution in [0.4, 0.5) is 0 Å². The van der Waals surface area contributed by atoms with Gasteiger partial charge in [-0.05, 0) is 38.8 Å². The van der Waals surface area contributed by atoms with Crippen molar-refractivity contribution >= 4 is 11.6 Å². The highest BCUT2D eigenvalue weighted by Gasteiger charge is 1.95. The maximum absolute atomic E-state index is 5.78. The summed E-state index contributed by atoms with van der Waals surface area (Å²) < 4.78 is 0. The predicted octanol–water partition coefficient (Wildman–Crippen LogP) is 2.64. The van der Waals surface area contributed by atoms with Gasteiger partial charge in [-0.15, -0.1) is 11.6 Å². The van der Waals surface area contributed by atoms with Gasteiger partial charge >= 0.3 is 0 Å². The van der Waals surface area contributed by atoms with Gasteiger partial charge in [-0.3, -0.25) is 0 Å². The summed E-state index contributed by atoms with van der Waals surface area (Å²) in [6.07, 6.45) is 2.33. The second-order valence-electron chi connectivity index (χ2n) is 3.50. The molecule has 11 heavy (non-hydrogen) atoms. The van der Waals surface area contributed by atoms with E-state index in [0.29, 0.717) is 5.38 Å². The molecule has 0 aliphatic rings. The highest BCUT2D eigenvalue weighted by Crippen LogP contribution is 1.99. The average Bonchev–Trinajstić information content (AvgIpc) is 1.85. The third kappa shape index (κ3) is 10.2. The van der Waals surface area contributed by atoms with Crippen LogP contribution in [-0.4, -0.2) is 18.5 Å². The van der Waals surface area contributed by atoms with Crippen molar-refractivity contribution in [3.8, 4) is 0 Å². The Labute approximate surface area is 75.5 Å². The van der Waals surface area contributed by atoms with Crippen molar-refractivity contribution < 1.29 is 0 Å². The maximum atomic E-state index is 5.78. The standard InChI is InChI=1S/C9H20ClN/c1-8(2)4-6-11-7-5-9(3)10/h8-9,11H,4-7H2,1-3H3. The molecule has 0 aromatic rings. The van der Waals surface area contributed by atoms with Crippen molar-refractivity contribution in [1.29, 1.82) is 0 Å². The first-order valence-corrected chi connectivity index (χ1v) is 4.91. The van der Waals surface area contributed by atoms with Crippen LogP contribution >= 0.6 is 11.6 Å². The molecule has 1 nitrogen and oxygen atoms in total. The fourth-order valence-corrected chi connectivity index (χ4v) is 0.926. The maximum Gasteiger partial charge on any atom is 0.0319 e. The molecule has 0 aromatic carbocycles. The monoisotopic (exact) mass is 177 g/mol. The normalized spacial score (nSPS) is 13.9. The van der Waals surface area contributed by atoms with Crippen molar-refractivity contribution in [3.63, 3.8) is 0 Å². The van der Waals surface area contributed by atoms with Gasteiger partial charge in [0.2, 0.25) is 0 Å². The van der Waals surface area contributed by atoms with Crippen molar-refractivity contribution in [2.24, 2.45) is 5.92 Å². The van der Waals surface area contributed by atoms with E-state index in [4.69, 9.17) is 11.6 Å². The first-order chi connectivity index (χ1) is 5.13. The Morgan fingerprint density at radius 3 is 2.09 bits per heavy atom. The van der Waals surface area contributed by atoms with Gasteiger partial charge in [-0.2, -0.15) is 0 Å². The van der Waals surface area contributed by atoms with Crippen molar-refractivity contribution in [1.82, 2.24) is 5.32 Å². The van der Waals surface area contributed by atoms with Crippen LogP contribution in [0.15, 0.2) is 0 Å². The molecule has 0 saturated carbocycles. The van der Waals surface area contributed by atoms with Gasteiger partial charge in [0.1, 0.15) is 0 Å². The van der Waals surface area contributed by atoms with Gasteiger partial charge in [0.15, 0.2) is 0 Å². The molecule has 0 aromatic heterocycles. The van der Waals surface area contributed by atoms with E-state index in [0.717, 1.165) is 25.4 Å². The minimum atomic E-state index is 0.307. The minimum Gasteiger partial charge on any atom is -0.317 e. The molecule has 0 spiro atoms. The summed E-state index contributed by atoms with van der Waals surface area (Å²) in [6, 6.07) is 0. The molecule has 0 rings (SSSR count). The van der Waals surface area contributed by atoms with E-state index < -0.39 is 0 Å². The van der Waals surface area contributed by atoms with Crippen molar-refractivity contribution in [2.75, 3.05) is 13.1 Å². The lowest BCUT2D eigenvalue weighted by atomic mass is 10.1. The lowest BCUT2D eigenvalue weighted by Gasteiger charge is -2.07. The summed E-state index contributed by atoms with van der Waals surface area (Å²) in [4.78, 5) is 0. The summed E-state index contributed by atoms with van der Waals surface area (Å²) in [6.45, 7) is 8.70. The Hall–Kier alpha value is 0.250. The zero-order chi connectivity index (χ0) is 8.69. The van der Waals surface area contributed by atoms with Crippen molar-refractivity contribution in [3.05, 3.63) is 0 Å². The highest BCUT2D eigenvalue weighted by molar-refractivity contribution is 6.20. The zero-order valence-electron chi connectivity index (χ0n) is 7.86. The highest BCUT2D eigenvalue weighted by atomic mass is 35.5. The summed E-state index contributed by atoms with van der Waals surface area (Å²) in [5.41, 5.74) is 0. The molecule has 1 atom stereocenters. The first-order valence-electron chi connectivity index (χ1n) is 4.47. The Morgan fingerprint density at radius 1 is 1.09 bits per heavy atom. The topological polar surface area (TPSA) is 12.0 Å². The summed E-state index contributed by atoms with van der Waals surface area (Å²) in [7, 11) is 0. The third-order valence-electron chi connectivity index (χ3n) is 1.62. The molecular weight excluding hydrogens is 158 g/mol. The summed E-state index contributed by atoms with van der Waals surface area (Å²) in [5.74, 6) is 0.802. The number of hydrogen-bond donors (Lipinski definition) is 1. The van der Waals surface area contributed by atoms with Crippen LogP contribution in [0, 0.1) is 5.92 Å². The number of alkyl halides is 1. The van der Waals surface area contributed by atoms with Gasteiger partial charge in [0, 0.05) is 5.38 Å². The van der Waals surface area contributed by atoms with Crippen LogP contribution < -0.4 is 5.32 Å². The largest absolute Gasteiger partial charge is 0.317 e. The van der Waals surface area contributed by atoms with Gasteiger partial charge in [0.25, 0.3) is 0 Å². The van der Waals surface area contributed by atoms with Gasteiger partial charge in [0.05, 0.1) is 0 Å². The van der Waals surface area contributed by atoms with E-state index in [1.165, 1.54) is 6.42 Å². The molecule has 0 radical (unpaired) electrons. The lowest BCUT2D eigenvalue weighted by molar-refractivity contribution is 0.531. The Morgan fingerprint density at radius 2 is 1.64 bits per heavy atom. The molecule has 1 N–H and O–H groups in total. The number of hydrogen-bond acceptors (Lipinski definition) is 1. The van der Waals surface area contributed by atoms with E-state index in [1.807, 2.05) is 6.92 Å². The quantitative estimate of drug-likeness (QED) is 0.486. The molecule has 0 amide bonds. The fourth-order valence-electron chi connectivity index (χ4n) is 0.817. The third-order valence-corrected chi connectivity index (χ3v) is 1.84. The van der Waals surface area contributed by atoms with Crippen LogP contribution in [0.2, 0.25) is 0 Å². The molecule has 0 aliphatic carbocycles. The number of halogens is 1. The van der Waals surface area contributed by atoms with Gasteiger partial charge < -0.3 is 5.32 Å². The van der Waals surface area contributed by atoms with Crippen LogP contribution in [0.1, 0.15) is 33.6 Å². The molecule has 0 heterocycles. The molecule has 68 valence electrons. The van der Waals surface area contributed by atoms with E-state index in [9.17, 15) is 0 Å². The van der Waals surface area contributed by atoms with Crippen LogP contribution in [0.3, 0.4) is 0 Å². The van der Waals surface area contributed by atoms with Crippen molar-refractivity contribution in [2.45, 2.75) is 39.0 Å². The Balaban J connectivity index is 2.91. The molecule has 2 heteroatoms. The molecule has 0 bridgehead atoms. The molecule has 1 unspecified atom stereocenters. The Kier molecular flexibility index (Phi) is 7.09. The predicted molar refractivity (Wildman–Crippen MR) is 52.3 cm³/mol. The van der Waals surface area contributed by atoms with Crippen LogP contribution in [0.5, 0.6) is 0 Å². The average molecular weight is 178 g/mol. The first kappa shape index (κ1) is 11.2. The molecular formula is C9H20ClN. The second kappa shape index (κ2) is 6.93. The lowest BCUT2D eigenvalue weighted by Crippen LogP contribution is -2.19. The summed E-state index contributed by atoms with van der Waals surface area (Å²) >= 11 is 5.78. The zero-order valence-corrected chi connectivity index (χ0v) is 8.62. The Bertz CT molecular complexity index is 71.6. The van der Waals surface area contributed by atoms with E-state index in [-0.39, 0.29) is 0 Å². The molecule has 0 aliphatic heterocycles. The molecule has 0 fully saturated rings. The number of rotatable bonds is 6. The summed E-state index contributed by atoms with van der Waals surface area (Å²) in [5, 5.41) is 3.67. The van der Waals surface area contributed by atoms with Crippen LogP contribution in [0.25, 0.3) is 0 Å². The smallest absolute Gasteiger partial charge is 0.0319 e. The SMILES string of the molecule is CC(C)CCNCCC(C)Cl. The minimum absolute atomic E-state index is 0.307. The van der Waals surface area contributed by atoms with Crippen LogP contribution in [-0.2, 0) is 0 Å². The molecule has 0 saturated heterocycles. The fraction of sp³-hybridized carbons (Fsp3) is 1.00. The van der Waals surface area contributed by atoms with Gasteiger partial charge in [-0.25, -0.2) is 0 Å². The number of nitrogens with one attached hydrogen (secondary N) is 1. The van der Waals surface area contributed by atoms with E-state index >= 15 is 0 Å². The van der Waals surface area contributed by atoms with E-state index in [2.05, 4.69) is 19.2 Å². The van der Waals surface area contributed by atoms with E-state index in [1.54, 1.807) is 0 Å².